The molecule has 0 unspecified atom stereocenters. The zero-order valence-electron chi connectivity index (χ0n) is 14.1. The minimum atomic E-state index is -0.200. The second-order valence-electron chi connectivity index (χ2n) is 7.21. The molecule has 2 fully saturated rings. The standard InChI is InChI=1S/C21H23FN2O/c22-17-8-6-14(7-9-17)16-10-18(11-16)24-21(25)20-13-23-12-19(20)15-4-2-1-3-5-15/h1-9,16,18-20,23H,10-13H2,(H,24,25)/t16?,18?,19-,20+/m0/s1. The first-order chi connectivity index (χ1) is 12.2. The third-order valence-electron chi connectivity index (χ3n) is 5.60. The second kappa shape index (κ2) is 6.96. The van der Waals surface area contributed by atoms with Gasteiger partial charge in [-0.25, -0.2) is 4.39 Å². The van der Waals surface area contributed by atoms with E-state index in [4.69, 9.17) is 0 Å². The Morgan fingerprint density at radius 2 is 1.68 bits per heavy atom. The fourth-order valence-corrected chi connectivity index (χ4v) is 4.06. The van der Waals surface area contributed by atoms with E-state index in [2.05, 4.69) is 22.8 Å². The molecule has 1 amide bonds. The van der Waals surface area contributed by atoms with Crippen LogP contribution in [0.5, 0.6) is 0 Å². The van der Waals surface area contributed by atoms with Crippen LogP contribution in [-0.4, -0.2) is 25.0 Å². The van der Waals surface area contributed by atoms with Crippen LogP contribution >= 0.6 is 0 Å². The molecule has 2 aromatic rings. The Balaban J connectivity index is 1.33. The molecule has 1 aliphatic carbocycles. The molecule has 1 saturated heterocycles. The SMILES string of the molecule is O=C(NC1CC(c2ccc(F)cc2)C1)[C@@H]1CNC[C@H]1c1ccccc1. The minimum absolute atomic E-state index is 0.00716. The van der Waals surface area contributed by atoms with Gasteiger partial charge in [-0.15, -0.1) is 0 Å². The van der Waals surface area contributed by atoms with Crippen molar-refractivity contribution in [3.05, 3.63) is 71.5 Å². The molecule has 2 aromatic carbocycles. The van der Waals surface area contributed by atoms with E-state index in [9.17, 15) is 9.18 Å². The molecule has 4 heteroatoms. The fourth-order valence-electron chi connectivity index (χ4n) is 4.06. The normalized spacial score (nSPS) is 28.4. The van der Waals surface area contributed by atoms with Crippen LogP contribution < -0.4 is 10.6 Å². The van der Waals surface area contributed by atoms with Gasteiger partial charge in [0.2, 0.25) is 5.91 Å². The van der Waals surface area contributed by atoms with Crippen LogP contribution in [0.4, 0.5) is 4.39 Å². The van der Waals surface area contributed by atoms with Gasteiger partial charge in [0.1, 0.15) is 5.82 Å². The van der Waals surface area contributed by atoms with Gasteiger partial charge in [-0.2, -0.15) is 0 Å². The largest absolute Gasteiger partial charge is 0.353 e. The Labute approximate surface area is 147 Å². The third-order valence-corrected chi connectivity index (χ3v) is 5.60. The van der Waals surface area contributed by atoms with Gasteiger partial charge < -0.3 is 10.6 Å². The monoisotopic (exact) mass is 338 g/mol. The number of benzene rings is 2. The number of amides is 1. The van der Waals surface area contributed by atoms with E-state index >= 15 is 0 Å². The first-order valence-corrected chi connectivity index (χ1v) is 9.02. The van der Waals surface area contributed by atoms with Crippen LogP contribution in [0, 0.1) is 11.7 Å². The summed E-state index contributed by atoms with van der Waals surface area (Å²) in [5, 5.41) is 6.57. The Morgan fingerprint density at radius 3 is 2.40 bits per heavy atom. The average molecular weight is 338 g/mol. The molecule has 1 aliphatic heterocycles. The van der Waals surface area contributed by atoms with Crippen molar-refractivity contribution in [3.8, 4) is 0 Å². The maximum absolute atomic E-state index is 13.0. The lowest BCUT2D eigenvalue weighted by molar-refractivity contribution is -0.126. The molecule has 130 valence electrons. The van der Waals surface area contributed by atoms with Crippen molar-refractivity contribution in [2.75, 3.05) is 13.1 Å². The predicted octanol–water partition coefficient (Wildman–Crippen LogP) is 3.19. The smallest absolute Gasteiger partial charge is 0.225 e. The highest BCUT2D eigenvalue weighted by atomic mass is 19.1. The van der Waals surface area contributed by atoms with Crippen LogP contribution in [0.25, 0.3) is 0 Å². The van der Waals surface area contributed by atoms with Crippen molar-refractivity contribution in [3.63, 3.8) is 0 Å². The molecule has 1 heterocycles. The average Bonchev–Trinajstić information content (AvgIpc) is 3.09. The molecule has 4 rings (SSSR count). The lowest BCUT2D eigenvalue weighted by atomic mass is 9.75. The first-order valence-electron chi connectivity index (χ1n) is 9.02. The van der Waals surface area contributed by atoms with Crippen molar-refractivity contribution in [1.82, 2.24) is 10.6 Å². The number of carbonyl (C=O) groups is 1. The van der Waals surface area contributed by atoms with Crippen LogP contribution in [-0.2, 0) is 4.79 Å². The van der Waals surface area contributed by atoms with Crippen LogP contribution in [0.1, 0.15) is 35.8 Å². The van der Waals surface area contributed by atoms with Gasteiger partial charge in [0.15, 0.2) is 0 Å². The minimum Gasteiger partial charge on any atom is -0.353 e. The number of halogens is 1. The summed E-state index contributed by atoms with van der Waals surface area (Å²) in [6.07, 6.45) is 1.88. The van der Waals surface area contributed by atoms with Crippen LogP contribution in [0.2, 0.25) is 0 Å². The predicted molar refractivity (Wildman–Crippen MR) is 95.8 cm³/mol. The number of carbonyl (C=O) groups excluding carboxylic acids is 1. The third kappa shape index (κ3) is 3.45. The van der Waals surface area contributed by atoms with Crippen LogP contribution in [0.3, 0.4) is 0 Å². The summed E-state index contributed by atoms with van der Waals surface area (Å²) < 4.78 is 13.0. The maximum atomic E-state index is 13.0. The lowest BCUT2D eigenvalue weighted by Crippen LogP contribution is -2.46. The summed E-state index contributed by atoms with van der Waals surface area (Å²) in [5.41, 5.74) is 2.39. The highest BCUT2D eigenvalue weighted by molar-refractivity contribution is 5.81. The van der Waals surface area contributed by atoms with Gasteiger partial charge in [-0.05, 0) is 42.0 Å². The molecule has 0 aromatic heterocycles. The summed E-state index contributed by atoms with van der Waals surface area (Å²) in [5.74, 6) is 0.619. The molecule has 0 bridgehead atoms. The van der Waals surface area contributed by atoms with E-state index in [0.717, 1.165) is 31.5 Å². The molecular formula is C21H23FN2O. The topological polar surface area (TPSA) is 41.1 Å². The summed E-state index contributed by atoms with van der Waals surface area (Å²) in [4.78, 5) is 12.7. The zero-order chi connectivity index (χ0) is 17.2. The van der Waals surface area contributed by atoms with E-state index < -0.39 is 0 Å². The number of hydrogen-bond acceptors (Lipinski definition) is 2. The van der Waals surface area contributed by atoms with Crippen molar-refractivity contribution in [1.29, 1.82) is 0 Å². The van der Waals surface area contributed by atoms with E-state index in [1.165, 1.54) is 17.7 Å². The van der Waals surface area contributed by atoms with E-state index in [1.54, 1.807) is 0 Å². The lowest BCUT2D eigenvalue weighted by Gasteiger charge is -2.37. The van der Waals surface area contributed by atoms with Crippen molar-refractivity contribution in [2.24, 2.45) is 5.92 Å². The Bertz CT molecular complexity index is 725. The summed E-state index contributed by atoms with van der Waals surface area (Å²) >= 11 is 0. The highest BCUT2D eigenvalue weighted by Gasteiger charge is 2.37. The Morgan fingerprint density at radius 1 is 0.960 bits per heavy atom. The molecular weight excluding hydrogens is 315 g/mol. The summed E-state index contributed by atoms with van der Waals surface area (Å²) in [7, 11) is 0. The molecule has 2 N–H and O–H groups in total. The van der Waals surface area contributed by atoms with E-state index in [0.29, 0.717) is 5.92 Å². The van der Waals surface area contributed by atoms with Gasteiger partial charge >= 0.3 is 0 Å². The highest BCUT2D eigenvalue weighted by Crippen LogP contribution is 2.37. The molecule has 3 nitrogen and oxygen atoms in total. The van der Waals surface area contributed by atoms with Gasteiger partial charge in [-0.1, -0.05) is 42.5 Å². The Kier molecular flexibility index (Phi) is 4.53. The maximum Gasteiger partial charge on any atom is 0.225 e. The molecule has 2 atom stereocenters. The van der Waals surface area contributed by atoms with E-state index in [1.807, 2.05) is 30.3 Å². The number of hydrogen-bond donors (Lipinski definition) is 2. The summed E-state index contributed by atoms with van der Waals surface area (Å²) in [6.45, 7) is 1.59. The quantitative estimate of drug-likeness (QED) is 0.899. The van der Waals surface area contributed by atoms with Gasteiger partial charge in [0, 0.05) is 25.0 Å². The van der Waals surface area contributed by atoms with Crippen LogP contribution in [0.15, 0.2) is 54.6 Å². The number of nitrogens with one attached hydrogen (secondary N) is 2. The van der Waals surface area contributed by atoms with Gasteiger partial charge in [0.05, 0.1) is 5.92 Å². The number of rotatable bonds is 4. The second-order valence-corrected chi connectivity index (χ2v) is 7.21. The van der Waals surface area contributed by atoms with Crippen molar-refractivity contribution >= 4 is 5.91 Å². The van der Waals surface area contributed by atoms with E-state index in [-0.39, 0.29) is 29.6 Å². The first kappa shape index (κ1) is 16.3. The zero-order valence-corrected chi connectivity index (χ0v) is 14.1. The van der Waals surface area contributed by atoms with Crippen molar-refractivity contribution < 1.29 is 9.18 Å². The van der Waals surface area contributed by atoms with Crippen molar-refractivity contribution in [2.45, 2.75) is 30.7 Å². The molecule has 0 spiro atoms. The summed E-state index contributed by atoms with van der Waals surface area (Å²) in [6, 6.07) is 17.2. The molecule has 0 radical (unpaired) electrons. The molecule has 25 heavy (non-hydrogen) atoms. The molecule has 2 aliphatic rings. The fraction of sp³-hybridized carbons (Fsp3) is 0.381. The molecule has 1 saturated carbocycles. The van der Waals surface area contributed by atoms with Gasteiger partial charge in [-0.3, -0.25) is 4.79 Å². The Hall–Kier alpha value is -2.20. The van der Waals surface area contributed by atoms with Gasteiger partial charge in [0.25, 0.3) is 0 Å².